The molecule has 1 unspecified atom stereocenters. The van der Waals surface area contributed by atoms with Gasteiger partial charge < -0.3 is 21.1 Å². The Kier molecular flexibility index (Phi) is 12.7. The zero-order valence-corrected chi connectivity index (χ0v) is 24.8. The Bertz CT molecular complexity index is 1390. The van der Waals surface area contributed by atoms with E-state index < -0.39 is 12.1 Å². The van der Waals surface area contributed by atoms with E-state index in [1.165, 1.54) is 5.56 Å². The van der Waals surface area contributed by atoms with Crippen molar-refractivity contribution in [3.63, 3.8) is 0 Å². The molecule has 220 valence electrons. The summed E-state index contributed by atoms with van der Waals surface area (Å²) in [5, 5.41) is 5.59. The molecule has 8 nitrogen and oxygen atoms in total. The zero-order chi connectivity index (χ0) is 30.3. The van der Waals surface area contributed by atoms with Crippen LogP contribution in [0.4, 0.5) is 4.79 Å². The summed E-state index contributed by atoms with van der Waals surface area (Å²) in [7, 11) is 0. The molecule has 2 aromatic carbocycles. The minimum absolute atomic E-state index is 0.140. The molecule has 4 rings (SSSR count). The van der Waals surface area contributed by atoms with Gasteiger partial charge in [-0.15, -0.1) is 0 Å². The van der Waals surface area contributed by atoms with Crippen LogP contribution in [0.15, 0.2) is 97.6 Å². The van der Waals surface area contributed by atoms with Crippen molar-refractivity contribution in [3.05, 3.63) is 125 Å². The Labute approximate surface area is 248 Å². The van der Waals surface area contributed by atoms with Gasteiger partial charge in [-0.3, -0.25) is 14.8 Å². The van der Waals surface area contributed by atoms with Crippen molar-refractivity contribution in [1.82, 2.24) is 20.6 Å². The van der Waals surface area contributed by atoms with Crippen LogP contribution < -0.4 is 21.1 Å². The van der Waals surface area contributed by atoms with Crippen molar-refractivity contribution in [2.24, 2.45) is 5.73 Å². The highest BCUT2D eigenvalue weighted by Gasteiger charge is 2.14. The van der Waals surface area contributed by atoms with E-state index in [1.54, 1.807) is 24.5 Å². The first-order valence-electron chi connectivity index (χ1n) is 14.2. The fraction of sp³-hybridized carbons (Fsp3) is 0.294. The molecular formula is C34H41N5O3. The summed E-state index contributed by atoms with van der Waals surface area (Å²) in [6, 6.07) is 22.3. The van der Waals surface area contributed by atoms with E-state index in [-0.39, 0.29) is 5.91 Å². The third-order valence-corrected chi connectivity index (χ3v) is 6.46. The lowest BCUT2D eigenvalue weighted by atomic mass is 10.0. The molecule has 1 atom stereocenters. The molecule has 0 aliphatic heterocycles. The fourth-order valence-corrected chi connectivity index (χ4v) is 3.93. The highest BCUT2D eigenvalue weighted by Crippen LogP contribution is 2.15. The smallest absolute Gasteiger partial charge is 0.410 e. The van der Waals surface area contributed by atoms with E-state index in [4.69, 9.17) is 10.5 Å². The average molecular weight is 568 g/mol. The third-order valence-electron chi connectivity index (χ3n) is 6.46. The monoisotopic (exact) mass is 567 g/mol. The summed E-state index contributed by atoms with van der Waals surface area (Å²) < 4.78 is 5.14. The number of nitrogens with zero attached hydrogens (tertiary/aromatic N) is 2. The van der Waals surface area contributed by atoms with Crippen molar-refractivity contribution in [2.75, 3.05) is 0 Å². The Balaban J connectivity index is 0.000000231. The summed E-state index contributed by atoms with van der Waals surface area (Å²) in [5.74, 6) is 1.22. The van der Waals surface area contributed by atoms with Gasteiger partial charge in [0, 0.05) is 37.9 Å². The van der Waals surface area contributed by atoms with E-state index in [0.717, 1.165) is 22.3 Å². The number of nitrogens with two attached hydrogens (primary N) is 1. The normalized spacial score (nSPS) is 11.3. The Hall–Kier alpha value is -4.56. The Morgan fingerprint density at radius 3 is 1.74 bits per heavy atom. The second-order valence-corrected chi connectivity index (χ2v) is 10.6. The summed E-state index contributed by atoms with van der Waals surface area (Å²) in [4.78, 5) is 32.1. The highest BCUT2D eigenvalue weighted by molar-refractivity contribution is 5.81. The van der Waals surface area contributed by atoms with E-state index in [9.17, 15) is 9.59 Å². The lowest BCUT2D eigenvalue weighted by molar-refractivity contribution is -0.122. The molecule has 2 amide bonds. The van der Waals surface area contributed by atoms with Gasteiger partial charge >= 0.3 is 6.09 Å². The van der Waals surface area contributed by atoms with Crippen molar-refractivity contribution < 1.29 is 14.3 Å². The number of amides is 2. The van der Waals surface area contributed by atoms with Crippen molar-refractivity contribution in [1.29, 1.82) is 0 Å². The molecule has 0 aliphatic carbocycles. The number of carbonyl (C=O) groups is 2. The minimum Gasteiger partial charge on any atom is -0.410 e. The predicted octanol–water partition coefficient (Wildman–Crippen LogP) is 5.88. The second kappa shape index (κ2) is 16.6. The SMILES string of the molecule is CC(C)c1cncc(CNC(=O)C(N)Cc2ccccc2)c1.CC(C)c1cncc(CNC(=O)Oc2ccccc2)c1. The summed E-state index contributed by atoms with van der Waals surface area (Å²) in [5.41, 5.74) is 11.3. The van der Waals surface area contributed by atoms with Gasteiger partial charge in [-0.25, -0.2) is 4.79 Å². The number of hydrogen-bond donors (Lipinski definition) is 3. The number of para-hydroxylation sites is 1. The first-order valence-corrected chi connectivity index (χ1v) is 14.2. The van der Waals surface area contributed by atoms with Gasteiger partial charge in [0.1, 0.15) is 5.75 Å². The Morgan fingerprint density at radius 1 is 0.714 bits per heavy atom. The molecule has 0 fully saturated rings. The van der Waals surface area contributed by atoms with Crippen LogP contribution in [0.5, 0.6) is 5.75 Å². The van der Waals surface area contributed by atoms with Crippen LogP contribution in [0.2, 0.25) is 0 Å². The van der Waals surface area contributed by atoms with Crippen LogP contribution in [0, 0.1) is 0 Å². The van der Waals surface area contributed by atoms with Crippen LogP contribution in [0.1, 0.15) is 67.3 Å². The largest absolute Gasteiger partial charge is 0.412 e. The minimum atomic E-state index is -0.538. The molecule has 0 aliphatic rings. The number of hydrogen-bond acceptors (Lipinski definition) is 6. The lowest BCUT2D eigenvalue weighted by Crippen LogP contribution is -2.41. The van der Waals surface area contributed by atoms with Crippen molar-refractivity contribution >= 4 is 12.0 Å². The maximum absolute atomic E-state index is 12.1. The number of pyridine rings is 2. The highest BCUT2D eigenvalue weighted by atomic mass is 16.6. The van der Waals surface area contributed by atoms with Crippen LogP contribution in [0.3, 0.4) is 0 Å². The first kappa shape index (κ1) is 32.0. The summed E-state index contributed by atoms with van der Waals surface area (Å²) >= 11 is 0. The topological polar surface area (TPSA) is 119 Å². The summed E-state index contributed by atoms with van der Waals surface area (Å²) in [6.45, 7) is 9.31. The molecular weight excluding hydrogens is 526 g/mol. The van der Waals surface area contributed by atoms with Gasteiger partial charge in [0.25, 0.3) is 0 Å². The molecule has 2 aromatic heterocycles. The number of benzene rings is 2. The standard InChI is InChI=1S/C18H23N3O.C16H18N2O2/c1-13(2)16-8-15(10-20-12-16)11-21-18(22)17(19)9-14-6-4-3-5-7-14;1-12(2)14-8-13(9-17-11-14)10-18-16(19)20-15-6-4-3-5-7-15/h3-8,10,12-13,17H,9,11,19H2,1-2H3,(H,21,22);3-9,11-12H,10H2,1-2H3,(H,18,19). The quantitative estimate of drug-likeness (QED) is 0.220. The Morgan fingerprint density at radius 2 is 1.21 bits per heavy atom. The molecule has 2 heterocycles. The number of aromatic nitrogens is 2. The third kappa shape index (κ3) is 11.1. The summed E-state index contributed by atoms with van der Waals surface area (Å²) in [6.07, 6.45) is 7.29. The van der Waals surface area contributed by atoms with E-state index in [0.29, 0.717) is 37.1 Å². The maximum atomic E-state index is 12.1. The van der Waals surface area contributed by atoms with Crippen LogP contribution >= 0.6 is 0 Å². The zero-order valence-electron chi connectivity index (χ0n) is 24.8. The van der Waals surface area contributed by atoms with Crippen molar-refractivity contribution in [3.8, 4) is 5.75 Å². The van der Waals surface area contributed by atoms with E-state index >= 15 is 0 Å². The fourth-order valence-electron chi connectivity index (χ4n) is 3.93. The molecule has 0 bridgehead atoms. The van der Waals surface area contributed by atoms with Crippen LogP contribution in [0.25, 0.3) is 0 Å². The van der Waals surface area contributed by atoms with Gasteiger partial charge in [0.15, 0.2) is 0 Å². The maximum Gasteiger partial charge on any atom is 0.412 e. The molecule has 0 radical (unpaired) electrons. The van der Waals surface area contributed by atoms with Gasteiger partial charge in [-0.2, -0.15) is 0 Å². The molecule has 4 aromatic rings. The van der Waals surface area contributed by atoms with Crippen LogP contribution in [-0.4, -0.2) is 28.0 Å². The van der Waals surface area contributed by atoms with Gasteiger partial charge in [0.05, 0.1) is 6.04 Å². The lowest BCUT2D eigenvalue weighted by Gasteiger charge is -2.13. The number of carbonyl (C=O) groups excluding carboxylic acids is 2. The van der Waals surface area contributed by atoms with Gasteiger partial charge in [0.2, 0.25) is 5.91 Å². The number of ether oxygens (including phenoxy) is 1. The second-order valence-electron chi connectivity index (χ2n) is 10.6. The number of rotatable bonds is 10. The molecule has 0 saturated heterocycles. The molecule has 42 heavy (non-hydrogen) atoms. The number of nitrogens with one attached hydrogen (secondary N) is 2. The van der Waals surface area contributed by atoms with E-state index in [2.05, 4.69) is 54.4 Å². The predicted molar refractivity (Wildman–Crippen MR) is 166 cm³/mol. The van der Waals surface area contributed by atoms with Crippen LogP contribution in [-0.2, 0) is 24.3 Å². The molecule has 0 spiro atoms. The molecule has 0 saturated carbocycles. The van der Waals surface area contributed by atoms with E-state index in [1.807, 2.05) is 67.0 Å². The van der Waals surface area contributed by atoms with Crippen molar-refractivity contribution in [2.45, 2.75) is 65.1 Å². The van der Waals surface area contributed by atoms with Gasteiger partial charge in [-0.1, -0.05) is 88.4 Å². The first-order chi connectivity index (χ1) is 20.2. The molecule has 4 N–H and O–H groups in total. The average Bonchev–Trinajstić information content (AvgIpc) is 3.00. The molecule has 8 heteroatoms. The van der Waals surface area contributed by atoms with Gasteiger partial charge in [-0.05, 0) is 58.2 Å².